The van der Waals surface area contributed by atoms with E-state index in [1.165, 1.54) is 37.1 Å². The molecule has 1 aliphatic heterocycles. The number of carbonyl (C=O) groups is 1. The number of carbonyl (C=O) groups excluding carboxylic acids is 1. The minimum absolute atomic E-state index is 0. The van der Waals surface area contributed by atoms with Crippen LogP contribution in [0.1, 0.15) is 57.6 Å². The summed E-state index contributed by atoms with van der Waals surface area (Å²) in [6.45, 7) is 10.7. The molecule has 1 saturated heterocycles. The van der Waals surface area contributed by atoms with Gasteiger partial charge in [-0.1, -0.05) is 45.0 Å². The fourth-order valence-electron chi connectivity index (χ4n) is 3.87. The van der Waals surface area contributed by atoms with Crippen molar-refractivity contribution in [2.75, 3.05) is 19.6 Å². The van der Waals surface area contributed by atoms with E-state index in [2.05, 4.69) is 41.4 Å². The summed E-state index contributed by atoms with van der Waals surface area (Å²) < 4.78 is 0. The number of hydrogen-bond donors (Lipinski definition) is 2. The molecular formula is C21H37Cl2N3O. The molecule has 1 unspecified atom stereocenters. The normalized spacial score (nSPS) is 17.6. The van der Waals surface area contributed by atoms with Crippen molar-refractivity contribution in [3.63, 3.8) is 0 Å². The number of nitrogens with one attached hydrogen (secondary N) is 1. The largest absolute Gasteiger partial charge is 0.351 e. The lowest BCUT2D eigenvalue weighted by Gasteiger charge is -2.31. The van der Waals surface area contributed by atoms with E-state index in [1.807, 2.05) is 13.8 Å². The van der Waals surface area contributed by atoms with Crippen molar-refractivity contribution in [3.05, 3.63) is 35.4 Å². The van der Waals surface area contributed by atoms with Crippen molar-refractivity contribution >= 4 is 30.7 Å². The number of amides is 1. The van der Waals surface area contributed by atoms with Gasteiger partial charge in [-0.2, -0.15) is 0 Å². The van der Waals surface area contributed by atoms with Crippen LogP contribution in [-0.4, -0.2) is 30.4 Å². The van der Waals surface area contributed by atoms with Gasteiger partial charge >= 0.3 is 0 Å². The summed E-state index contributed by atoms with van der Waals surface area (Å²) in [4.78, 5) is 15.2. The molecular weight excluding hydrogens is 381 g/mol. The number of hydrogen-bond acceptors (Lipinski definition) is 3. The molecule has 0 bridgehead atoms. The maximum atomic E-state index is 12.7. The topological polar surface area (TPSA) is 58.4 Å². The van der Waals surface area contributed by atoms with E-state index in [0.717, 1.165) is 25.3 Å². The fourth-order valence-corrected chi connectivity index (χ4v) is 3.87. The number of halogens is 2. The van der Waals surface area contributed by atoms with Crippen molar-refractivity contribution in [2.45, 2.75) is 59.5 Å². The van der Waals surface area contributed by atoms with E-state index in [0.29, 0.717) is 13.1 Å². The molecule has 3 N–H and O–H groups in total. The van der Waals surface area contributed by atoms with Crippen LogP contribution in [0.5, 0.6) is 0 Å². The summed E-state index contributed by atoms with van der Waals surface area (Å²) in [5, 5.41) is 3.14. The van der Waals surface area contributed by atoms with Crippen molar-refractivity contribution in [3.8, 4) is 0 Å². The Morgan fingerprint density at radius 2 is 1.85 bits per heavy atom. The molecule has 156 valence electrons. The standard InChI is InChI=1S/C21H35N3O.2ClH/c1-4-21(5-2,16-22)20(25)23-13-18-10-6-7-11-19(18)15-24-12-8-9-17(3)14-24;;/h6-7,10-11,17H,4-5,8-9,12-16,22H2,1-3H3,(H,23,25);2*1H. The number of nitrogens with zero attached hydrogens (tertiary/aromatic N) is 1. The van der Waals surface area contributed by atoms with Gasteiger partial charge in [0.1, 0.15) is 0 Å². The highest BCUT2D eigenvalue weighted by molar-refractivity contribution is 5.85. The van der Waals surface area contributed by atoms with Gasteiger partial charge in [-0.3, -0.25) is 9.69 Å². The number of benzene rings is 1. The van der Waals surface area contributed by atoms with Crippen LogP contribution >= 0.6 is 24.8 Å². The van der Waals surface area contributed by atoms with E-state index in [1.54, 1.807) is 0 Å². The number of rotatable bonds is 8. The molecule has 1 aromatic rings. The van der Waals surface area contributed by atoms with Crippen LogP contribution in [0.3, 0.4) is 0 Å². The second-order valence-electron chi connectivity index (χ2n) is 7.63. The molecule has 4 nitrogen and oxygen atoms in total. The zero-order chi connectivity index (χ0) is 18.3. The van der Waals surface area contributed by atoms with Crippen LogP contribution in [0.15, 0.2) is 24.3 Å². The van der Waals surface area contributed by atoms with Gasteiger partial charge in [0.05, 0.1) is 5.41 Å². The van der Waals surface area contributed by atoms with Crippen molar-refractivity contribution < 1.29 is 4.79 Å². The minimum Gasteiger partial charge on any atom is -0.351 e. The first-order chi connectivity index (χ1) is 12.0. The van der Waals surface area contributed by atoms with Gasteiger partial charge in [0.15, 0.2) is 0 Å². The van der Waals surface area contributed by atoms with E-state index in [9.17, 15) is 4.79 Å². The molecule has 1 fully saturated rings. The van der Waals surface area contributed by atoms with Gasteiger partial charge in [-0.05, 0) is 49.3 Å². The van der Waals surface area contributed by atoms with Gasteiger partial charge in [-0.15, -0.1) is 24.8 Å². The van der Waals surface area contributed by atoms with E-state index >= 15 is 0 Å². The first kappa shape index (κ1) is 26.2. The summed E-state index contributed by atoms with van der Waals surface area (Å²) >= 11 is 0. The Morgan fingerprint density at radius 1 is 1.22 bits per heavy atom. The zero-order valence-corrected chi connectivity index (χ0v) is 18.6. The first-order valence-electron chi connectivity index (χ1n) is 9.82. The lowest BCUT2D eigenvalue weighted by atomic mass is 9.81. The van der Waals surface area contributed by atoms with Crippen LogP contribution in [0.4, 0.5) is 0 Å². The Morgan fingerprint density at radius 3 is 2.41 bits per heavy atom. The van der Waals surface area contributed by atoms with Gasteiger partial charge in [0, 0.05) is 26.2 Å². The average Bonchev–Trinajstić information content (AvgIpc) is 2.63. The highest BCUT2D eigenvalue weighted by Crippen LogP contribution is 2.25. The third-order valence-corrected chi connectivity index (χ3v) is 5.92. The number of likely N-dealkylation sites (tertiary alicyclic amines) is 1. The van der Waals surface area contributed by atoms with Crippen LogP contribution in [0.2, 0.25) is 0 Å². The first-order valence-corrected chi connectivity index (χ1v) is 9.82. The molecule has 1 atom stereocenters. The van der Waals surface area contributed by atoms with Crippen molar-refractivity contribution in [2.24, 2.45) is 17.1 Å². The molecule has 0 aliphatic carbocycles. The predicted molar refractivity (Wildman–Crippen MR) is 119 cm³/mol. The Bertz CT molecular complexity index is 556. The fraction of sp³-hybridized carbons (Fsp3) is 0.667. The summed E-state index contributed by atoms with van der Waals surface area (Å²) in [5.41, 5.74) is 8.00. The van der Waals surface area contributed by atoms with E-state index < -0.39 is 5.41 Å². The van der Waals surface area contributed by atoms with Crippen LogP contribution in [0.25, 0.3) is 0 Å². The molecule has 1 amide bonds. The third kappa shape index (κ3) is 6.94. The molecule has 0 saturated carbocycles. The molecule has 1 aliphatic rings. The Hall–Kier alpha value is -0.810. The molecule has 1 heterocycles. The summed E-state index contributed by atoms with van der Waals surface area (Å²) in [6, 6.07) is 8.47. The maximum absolute atomic E-state index is 12.7. The van der Waals surface area contributed by atoms with Gasteiger partial charge in [-0.25, -0.2) is 0 Å². The van der Waals surface area contributed by atoms with Crippen LogP contribution in [0, 0.1) is 11.3 Å². The number of piperidine rings is 1. The Balaban J connectivity index is 0.00000338. The summed E-state index contributed by atoms with van der Waals surface area (Å²) in [7, 11) is 0. The highest BCUT2D eigenvalue weighted by Gasteiger charge is 2.33. The molecule has 27 heavy (non-hydrogen) atoms. The van der Waals surface area contributed by atoms with Crippen molar-refractivity contribution in [1.82, 2.24) is 10.2 Å². The Kier molecular flexibility index (Phi) is 12.2. The molecule has 0 spiro atoms. The van der Waals surface area contributed by atoms with Gasteiger partial charge < -0.3 is 11.1 Å². The predicted octanol–water partition coefficient (Wildman–Crippen LogP) is 4.14. The average molecular weight is 418 g/mol. The molecule has 0 radical (unpaired) electrons. The van der Waals surface area contributed by atoms with Gasteiger partial charge in [0.25, 0.3) is 0 Å². The zero-order valence-electron chi connectivity index (χ0n) is 17.0. The van der Waals surface area contributed by atoms with Crippen LogP contribution in [-0.2, 0) is 17.9 Å². The lowest BCUT2D eigenvalue weighted by molar-refractivity contribution is -0.131. The highest BCUT2D eigenvalue weighted by atomic mass is 35.5. The lowest BCUT2D eigenvalue weighted by Crippen LogP contribution is -2.45. The second-order valence-corrected chi connectivity index (χ2v) is 7.63. The smallest absolute Gasteiger partial charge is 0.227 e. The minimum atomic E-state index is -0.433. The quantitative estimate of drug-likeness (QED) is 0.667. The van der Waals surface area contributed by atoms with E-state index in [-0.39, 0.29) is 30.7 Å². The SMILES string of the molecule is CCC(CC)(CN)C(=O)NCc1ccccc1CN1CCCC(C)C1.Cl.Cl. The molecule has 0 aromatic heterocycles. The molecule has 1 aromatic carbocycles. The summed E-state index contributed by atoms with van der Waals surface area (Å²) in [6.07, 6.45) is 4.17. The number of nitrogens with two attached hydrogens (primary N) is 1. The molecule has 6 heteroatoms. The third-order valence-electron chi connectivity index (χ3n) is 5.92. The van der Waals surface area contributed by atoms with E-state index in [4.69, 9.17) is 5.73 Å². The van der Waals surface area contributed by atoms with Crippen LogP contribution < -0.4 is 11.1 Å². The van der Waals surface area contributed by atoms with Crippen molar-refractivity contribution in [1.29, 1.82) is 0 Å². The second kappa shape index (κ2) is 12.6. The Labute approximate surface area is 177 Å². The maximum Gasteiger partial charge on any atom is 0.227 e. The summed E-state index contributed by atoms with van der Waals surface area (Å²) in [5.74, 6) is 0.862. The van der Waals surface area contributed by atoms with Gasteiger partial charge in [0.2, 0.25) is 5.91 Å². The molecule has 2 rings (SSSR count). The monoisotopic (exact) mass is 417 g/mol.